The molecule has 0 amide bonds. The number of oxazole rings is 1. The Labute approximate surface area is 92.9 Å². The number of nitrogens with one attached hydrogen (secondary N) is 1. The second-order valence-corrected chi connectivity index (χ2v) is 4.22. The molecule has 1 aliphatic rings. The van der Waals surface area contributed by atoms with Crippen molar-refractivity contribution in [1.29, 1.82) is 0 Å². The molecule has 1 saturated carbocycles. The zero-order valence-corrected chi connectivity index (χ0v) is 8.98. The molecule has 0 atom stereocenters. The van der Waals surface area contributed by atoms with E-state index >= 15 is 0 Å². The standard InChI is InChI=1S/C12H14N2O2/c15-12-14(8-7-13-9-5-6-9)10-3-1-2-4-11(10)16-12/h1-4,9,13H,5-8H2. The summed E-state index contributed by atoms with van der Waals surface area (Å²) in [5, 5.41) is 3.39. The predicted octanol–water partition coefficient (Wildman–Crippen LogP) is 1.35. The summed E-state index contributed by atoms with van der Waals surface area (Å²) < 4.78 is 6.84. The quantitative estimate of drug-likeness (QED) is 0.842. The Bertz CT molecular complexity index is 551. The highest BCUT2D eigenvalue weighted by Gasteiger charge is 2.20. The SMILES string of the molecule is O=c1oc2ccccc2n1CCNC1CC1. The van der Waals surface area contributed by atoms with Crippen molar-refractivity contribution in [2.24, 2.45) is 0 Å². The fraction of sp³-hybridized carbons (Fsp3) is 0.417. The van der Waals surface area contributed by atoms with Crippen LogP contribution < -0.4 is 11.1 Å². The van der Waals surface area contributed by atoms with Crippen molar-refractivity contribution in [1.82, 2.24) is 9.88 Å². The van der Waals surface area contributed by atoms with Gasteiger partial charge in [0.25, 0.3) is 0 Å². The van der Waals surface area contributed by atoms with E-state index in [1.54, 1.807) is 4.57 Å². The molecule has 0 aliphatic heterocycles. The Hall–Kier alpha value is -1.55. The normalized spacial score (nSPS) is 15.8. The van der Waals surface area contributed by atoms with E-state index < -0.39 is 0 Å². The van der Waals surface area contributed by atoms with Gasteiger partial charge in [0, 0.05) is 19.1 Å². The first-order valence-corrected chi connectivity index (χ1v) is 5.66. The van der Waals surface area contributed by atoms with Gasteiger partial charge >= 0.3 is 5.76 Å². The minimum Gasteiger partial charge on any atom is -0.408 e. The van der Waals surface area contributed by atoms with Crippen LogP contribution >= 0.6 is 0 Å². The summed E-state index contributed by atoms with van der Waals surface area (Å²) in [4.78, 5) is 11.6. The van der Waals surface area contributed by atoms with Crippen molar-refractivity contribution < 1.29 is 4.42 Å². The predicted molar refractivity (Wildman–Crippen MR) is 61.5 cm³/mol. The maximum absolute atomic E-state index is 11.6. The molecule has 1 aromatic carbocycles. The minimum atomic E-state index is -0.265. The van der Waals surface area contributed by atoms with Gasteiger partial charge in [-0.05, 0) is 25.0 Å². The number of hydrogen-bond donors (Lipinski definition) is 1. The van der Waals surface area contributed by atoms with Crippen molar-refractivity contribution in [3.63, 3.8) is 0 Å². The van der Waals surface area contributed by atoms with Gasteiger partial charge in [-0.15, -0.1) is 0 Å². The van der Waals surface area contributed by atoms with Crippen molar-refractivity contribution in [2.75, 3.05) is 6.54 Å². The van der Waals surface area contributed by atoms with E-state index in [9.17, 15) is 4.79 Å². The first kappa shape index (κ1) is 9.66. The molecular weight excluding hydrogens is 204 g/mol. The summed E-state index contributed by atoms with van der Waals surface area (Å²) in [5.41, 5.74) is 1.55. The monoisotopic (exact) mass is 218 g/mol. The molecule has 0 spiro atoms. The highest BCUT2D eigenvalue weighted by Crippen LogP contribution is 2.18. The summed E-state index contributed by atoms with van der Waals surface area (Å²) in [7, 11) is 0. The lowest BCUT2D eigenvalue weighted by Gasteiger charge is -2.03. The molecular formula is C12H14N2O2. The Morgan fingerprint density at radius 2 is 2.19 bits per heavy atom. The second kappa shape index (κ2) is 3.79. The molecule has 84 valence electrons. The van der Waals surface area contributed by atoms with Crippen LogP contribution in [0.25, 0.3) is 11.1 Å². The summed E-state index contributed by atoms with van der Waals surface area (Å²) in [6.45, 7) is 1.50. The maximum atomic E-state index is 11.6. The van der Waals surface area contributed by atoms with E-state index in [-0.39, 0.29) is 5.76 Å². The zero-order valence-electron chi connectivity index (χ0n) is 8.98. The van der Waals surface area contributed by atoms with Crippen LogP contribution in [-0.2, 0) is 6.54 Å². The van der Waals surface area contributed by atoms with Crippen LogP contribution in [0.4, 0.5) is 0 Å². The number of benzene rings is 1. The fourth-order valence-electron chi connectivity index (χ4n) is 1.89. The molecule has 0 unspecified atom stereocenters. The van der Waals surface area contributed by atoms with Gasteiger partial charge in [0.15, 0.2) is 5.58 Å². The molecule has 0 radical (unpaired) electrons. The fourth-order valence-corrected chi connectivity index (χ4v) is 1.89. The first-order valence-electron chi connectivity index (χ1n) is 5.66. The number of para-hydroxylation sites is 2. The van der Waals surface area contributed by atoms with Crippen LogP contribution in [0.1, 0.15) is 12.8 Å². The smallest absolute Gasteiger partial charge is 0.408 e. The molecule has 4 nitrogen and oxygen atoms in total. The molecule has 2 aromatic rings. The van der Waals surface area contributed by atoms with E-state index in [4.69, 9.17) is 4.42 Å². The lowest BCUT2D eigenvalue weighted by molar-refractivity contribution is 0.493. The molecule has 0 bridgehead atoms. The third-order valence-electron chi connectivity index (χ3n) is 2.92. The maximum Gasteiger partial charge on any atom is 0.419 e. The third-order valence-corrected chi connectivity index (χ3v) is 2.92. The molecule has 4 heteroatoms. The number of aromatic nitrogens is 1. The summed E-state index contributed by atoms with van der Waals surface area (Å²) in [5.74, 6) is -0.265. The second-order valence-electron chi connectivity index (χ2n) is 4.22. The molecule has 0 saturated heterocycles. The molecule has 1 aromatic heterocycles. The van der Waals surface area contributed by atoms with Crippen molar-refractivity contribution in [3.8, 4) is 0 Å². The minimum absolute atomic E-state index is 0.265. The highest BCUT2D eigenvalue weighted by atomic mass is 16.4. The Kier molecular flexibility index (Phi) is 2.29. The van der Waals surface area contributed by atoms with Crippen LogP contribution in [0.3, 0.4) is 0 Å². The van der Waals surface area contributed by atoms with E-state index in [2.05, 4.69) is 5.32 Å². The van der Waals surface area contributed by atoms with Crippen LogP contribution in [-0.4, -0.2) is 17.2 Å². The van der Waals surface area contributed by atoms with Gasteiger partial charge in [0.05, 0.1) is 5.52 Å². The highest BCUT2D eigenvalue weighted by molar-refractivity contribution is 5.72. The van der Waals surface area contributed by atoms with Crippen LogP contribution in [0, 0.1) is 0 Å². The van der Waals surface area contributed by atoms with Crippen molar-refractivity contribution in [2.45, 2.75) is 25.4 Å². The van der Waals surface area contributed by atoms with Gasteiger partial charge in [-0.3, -0.25) is 4.57 Å². The van der Waals surface area contributed by atoms with Crippen LogP contribution in [0.5, 0.6) is 0 Å². The van der Waals surface area contributed by atoms with Crippen molar-refractivity contribution >= 4 is 11.1 Å². The molecule has 1 N–H and O–H groups in total. The van der Waals surface area contributed by atoms with Gasteiger partial charge in [-0.2, -0.15) is 0 Å². The van der Waals surface area contributed by atoms with E-state index in [0.29, 0.717) is 18.2 Å². The molecule has 1 fully saturated rings. The van der Waals surface area contributed by atoms with Gasteiger partial charge in [-0.1, -0.05) is 12.1 Å². The molecule has 1 heterocycles. The molecule has 1 aliphatic carbocycles. The Morgan fingerprint density at radius 1 is 1.38 bits per heavy atom. The van der Waals surface area contributed by atoms with Crippen LogP contribution in [0.2, 0.25) is 0 Å². The Morgan fingerprint density at radius 3 is 3.00 bits per heavy atom. The zero-order chi connectivity index (χ0) is 11.0. The van der Waals surface area contributed by atoms with Gasteiger partial charge < -0.3 is 9.73 Å². The largest absolute Gasteiger partial charge is 0.419 e. The first-order chi connectivity index (χ1) is 7.84. The Balaban J connectivity index is 1.83. The van der Waals surface area contributed by atoms with Gasteiger partial charge in [0.2, 0.25) is 0 Å². The van der Waals surface area contributed by atoms with Gasteiger partial charge in [0.1, 0.15) is 0 Å². The number of fused-ring (bicyclic) bond motifs is 1. The lowest BCUT2D eigenvalue weighted by Crippen LogP contribution is -2.25. The summed E-state index contributed by atoms with van der Waals surface area (Å²) in [6.07, 6.45) is 2.53. The lowest BCUT2D eigenvalue weighted by atomic mass is 10.3. The summed E-state index contributed by atoms with van der Waals surface area (Å²) in [6, 6.07) is 8.20. The molecule has 16 heavy (non-hydrogen) atoms. The number of nitrogens with zero attached hydrogens (tertiary/aromatic N) is 1. The molecule has 3 rings (SSSR count). The third kappa shape index (κ3) is 1.76. The number of hydrogen-bond acceptors (Lipinski definition) is 3. The van der Waals surface area contributed by atoms with Crippen LogP contribution in [0.15, 0.2) is 33.5 Å². The van der Waals surface area contributed by atoms with E-state index in [1.807, 2.05) is 24.3 Å². The average molecular weight is 218 g/mol. The van der Waals surface area contributed by atoms with Crippen molar-refractivity contribution in [3.05, 3.63) is 34.8 Å². The van der Waals surface area contributed by atoms with E-state index in [0.717, 1.165) is 12.1 Å². The number of rotatable bonds is 4. The summed E-state index contributed by atoms with van der Waals surface area (Å²) >= 11 is 0. The topological polar surface area (TPSA) is 47.2 Å². The van der Waals surface area contributed by atoms with Gasteiger partial charge in [-0.25, -0.2) is 4.79 Å². The average Bonchev–Trinajstić information content (AvgIpc) is 3.04. The van der Waals surface area contributed by atoms with E-state index in [1.165, 1.54) is 12.8 Å².